The molecule has 4 rings (SSSR count). The highest BCUT2D eigenvalue weighted by atomic mass is 32.2. The average molecular weight is 410 g/mol. The van der Waals surface area contributed by atoms with Gasteiger partial charge in [0.25, 0.3) is 15.9 Å². The highest BCUT2D eigenvalue weighted by Crippen LogP contribution is 2.33. The third-order valence-corrected chi connectivity index (χ3v) is 6.38. The van der Waals surface area contributed by atoms with Gasteiger partial charge < -0.3 is 9.32 Å². The number of fused-ring (bicyclic) bond motifs is 1. The number of carbonyl (C=O) groups is 1. The van der Waals surface area contributed by atoms with E-state index in [9.17, 15) is 13.2 Å². The lowest BCUT2D eigenvalue weighted by Gasteiger charge is -2.17. The largest absolute Gasteiger partial charge is 0.459 e. The topological polar surface area (TPSA) is 79.6 Å². The van der Waals surface area contributed by atoms with Crippen molar-refractivity contribution >= 4 is 27.3 Å². The summed E-state index contributed by atoms with van der Waals surface area (Å²) in [6.45, 7) is 2.62. The molecular weight excluding hydrogens is 388 g/mol. The lowest BCUT2D eigenvalue weighted by molar-refractivity contribution is 0.0963. The van der Waals surface area contributed by atoms with Crippen molar-refractivity contribution in [3.05, 3.63) is 77.7 Å². The summed E-state index contributed by atoms with van der Waals surface area (Å²) < 4.78 is 33.4. The molecule has 150 valence electrons. The van der Waals surface area contributed by atoms with Crippen molar-refractivity contribution in [2.45, 2.75) is 31.1 Å². The number of amides is 1. The number of hydrogen-bond donors (Lipinski definition) is 1. The van der Waals surface area contributed by atoms with Crippen LogP contribution in [-0.2, 0) is 22.9 Å². The molecule has 1 aromatic heterocycles. The molecule has 0 saturated heterocycles. The maximum Gasteiger partial charge on any atom is 0.293 e. The summed E-state index contributed by atoms with van der Waals surface area (Å²) in [6, 6.07) is 15.5. The van der Waals surface area contributed by atoms with Gasteiger partial charge in [0.2, 0.25) is 0 Å². The minimum atomic E-state index is -3.72. The molecule has 2 heterocycles. The second-order valence-corrected chi connectivity index (χ2v) is 8.71. The lowest BCUT2D eigenvalue weighted by atomic mass is 10.1. The molecule has 2 aromatic carbocycles. The van der Waals surface area contributed by atoms with Gasteiger partial charge >= 0.3 is 0 Å². The molecule has 29 heavy (non-hydrogen) atoms. The lowest BCUT2D eigenvalue weighted by Crippen LogP contribution is -2.28. The van der Waals surface area contributed by atoms with Crippen LogP contribution in [0, 0.1) is 0 Å². The number of nitrogens with zero attached hydrogens (tertiary/aromatic N) is 1. The smallest absolute Gasteiger partial charge is 0.293 e. The zero-order valence-corrected chi connectivity index (χ0v) is 16.9. The fraction of sp³-hybridized carbons (Fsp3) is 0.227. The number of carbonyl (C=O) groups excluding carboxylic acids is 1. The van der Waals surface area contributed by atoms with Gasteiger partial charge in [-0.05, 0) is 60.4 Å². The van der Waals surface area contributed by atoms with Crippen LogP contribution in [0.15, 0.2) is 70.2 Å². The number of furan rings is 1. The zero-order valence-electron chi connectivity index (χ0n) is 16.1. The van der Waals surface area contributed by atoms with E-state index >= 15 is 0 Å². The van der Waals surface area contributed by atoms with E-state index in [4.69, 9.17) is 4.42 Å². The second kappa shape index (κ2) is 7.75. The van der Waals surface area contributed by atoms with Crippen molar-refractivity contribution in [3.63, 3.8) is 0 Å². The van der Waals surface area contributed by atoms with Gasteiger partial charge in [-0.3, -0.25) is 9.52 Å². The number of hydrogen-bond acceptors (Lipinski definition) is 4. The monoisotopic (exact) mass is 410 g/mol. The van der Waals surface area contributed by atoms with Crippen molar-refractivity contribution in [1.29, 1.82) is 0 Å². The van der Waals surface area contributed by atoms with Crippen LogP contribution >= 0.6 is 0 Å². The van der Waals surface area contributed by atoms with Crippen LogP contribution < -0.4 is 9.62 Å². The van der Waals surface area contributed by atoms with E-state index in [-0.39, 0.29) is 16.6 Å². The Morgan fingerprint density at radius 3 is 2.62 bits per heavy atom. The molecule has 0 aliphatic carbocycles. The van der Waals surface area contributed by atoms with E-state index < -0.39 is 10.0 Å². The number of benzene rings is 2. The third kappa shape index (κ3) is 3.91. The molecule has 0 bridgehead atoms. The van der Waals surface area contributed by atoms with Crippen LogP contribution in [0.2, 0.25) is 0 Å². The maximum absolute atomic E-state index is 12.8. The van der Waals surface area contributed by atoms with Gasteiger partial charge in [0.1, 0.15) is 0 Å². The van der Waals surface area contributed by atoms with Crippen molar-refractivity contribution < 1.29 is 17.6 Å². The fourth-order valence-corrected chi connectivity index (χ4v) is 4.57. The van der Waals surface area contributed by atoms with Crippen LogP contribution in [0.4, 0.5) is 11.4 Å². The summed E-state index contributed by atoms with van der Waals surface area (Å²) in [5.74, 6) is 0.0243. The van der Waals surface area contributed by atoms with Crippen molar-refractivity contribution in [3.8, 4) is 0 Å². The molecule has 3 aromatic rings. The first kappa shape index (κ1) is 19.3. The molecule has 1 aliphatic heterocycles. The molecule has 0 atom stereocenters. The van der Waals surface area contributed by atoms with Crippen LogP contribution in [-0.4, -0.2) is 20.9 Å². The first-order valence-corrected chi connectivity index (χ1v) is 11.1. The molecular formula is C22H22N2O4S. The normalized spacial score (nSPS) is 13.3. The molecule has 1 N–H and O–H groups in total. The van der Waals surface area contributed by atoms with Gasteiger partial charge in [-0.25, -0.2) is 8.42 Å². The Balaban J connectivity index is 1.57. The summed E-state index contributed by atoms with van der Waals surface area (Å²) in [4.78, 5) is 14.5. The predicted octanol–water partition coefficient (Wildman–Crippen LogP) is 4.24. The average Bonchev–Trinajstić information content (AvgIpc) is 3.38. The Hall–Kier alpha value is -3.06. The number of sulfonamides is 1. The van der Waals surface area contributed by atoms with E-state index in [1.807, 2.05) is 18.2 Å². The summed E-state index contributed by atoms with van der Waals surface area (Å²) in [5, 5.41) is 0. The fourth-order valence-electron chi connectivity index (χ4n) is 3.52. The highest BCUT2D eigenvalue weighted by molar-refractivity contribution is 7.92. The Morgan fingerprint density at radius 1 is 1.14 bits per heavy atom. The molecule has 0 unspecified atom stereocenters. The van der Waals surface area contributed by atoms with Gasteiger partial charge in [-0.1, -0.05) is 31.5 Å². The van der Waals surface area contributed by atoms with Crippen LogP contribution in [0.3, 0.4) is 0 Å². The van der Waals surface area contributed by atoms with Crippen LogP contribution in [0.1, 0.15) is 35.0 Å². The SMILES string of the molecule is CCCc1ccc(S(=O)(=O)Nc2ccc3c(c2)N(C(=O)c2ccco2)CC3)cc1. The number of rotatable bonds is 6. The van der Waals surface area contributed by atoms with Crippen molar-refractivity contribution in [2.75, 3.05) is 16.2 Å². The second-order valence-electron chi connectivity index (χ2n) is 7.03. The summed E-state index contributed by atoms with van der Waals surface area (Å²) in [7, 11) is -3.72. The first-order chi connectivity index (χ1) is 14.0. The first-order valence-electron chi connectivity index (χ1n) is 9.58. The van der Waals surface area contributed by atoms with E-state index in [0.29, 0.717) is 24.3 Å². The van der Waals surface area contributed by atoms with E-state index in [0.717, 1.165) is 24.0 Å². The van der Waals surface area contributed by atoms with Gasteiger partial charge in [-0.2, -0.15) is 0 Å². The van der Waals surface area contributed by atoms with Crippen LogP contribution in [0.5, 0.6) is 0 Å². The van der Waals surface area contributed by atoms with Gasteiger partial charge in [-0.15, -0.1) is 0 Å². The number of aryl methyl sites for hydroxylation is 1. The Bertz CT molecular complexity index is 1120. The summed E-state index contributed by atoms with van der Waals surface area (Å²) in [6.07, 6.45) is 4.10. The molecule has 7 heteroatoms. The molecule has 0 spiro atoms. The van der Waals surface area contributed by atoms with Gasteiger partial charge in [0.05, 0.1) is 16.8 Å². The Kier molecular flexibility index (Phi) is 5.15. The minimum absolute atomic E-state index is 0.210. The summed E-state index contributed by atoms with van der Waals surface area (Å²) in [5.41, 5.74) is 3.22. The van der Waals surface area contributed by atoms with E-state index in [1.54, 1.807) is 41.3 Å². The zero-order chi connectivity index (χ0) is 20.4. The van der Waals surface area contributed by atoms with Crippen molar-refractivity contribution in [2.24, 2.45) is 0 Å². The van der Waals surface area contributed by atoms with Gasteiger partial charge in [0, 0.05) is 12.2 Å². The van der Waals surface area contributed by atoms with Crippen LogP contribution in [0.25, 0.3) is 0 Å². The Morgan fingerprint density at radius 2 is 1.93 bits per heavy atom. The molecule has 1 amide bonds. The molecule has 0 fully saturated rings. The van der Waals surface area contributed by atoms with E-state index in [1.165, 1.54) is 6.26 Å². The third-order valence-electron chi connectivity index (χ3n) is 4.98. The quantitative estimate of drug-likeness (QED) is 0.659. The standard InChI is InChI=1S/C22H22N2O4S/c1-2-4-16-6-10-19(11-7-16)29(26,27)23-18-9-8-17-12-13-24(20(17)15-18)22(25)21-5-3-14-28-21/h3,5-11,14-15,23H,2,4,12-13H2,1H3. The summed E-state index contributed by atoms with van der Waals surface area (Å²) >= 11 is 0. The molecule has 1 aliphatic rings. The van der Waals surface area contributed by atoms with Crippen molar-refractivity contribution in [1.82, 2.24) is 0 Å². The molecule has 6 nitrogen and oxygen atoms in total. The predicted molar refractivity (Wildman–Crippen MR) is 112 cm³/mol. The number of nitrogens with one attached hydrogen (secondary N) is 1. The molecule has 0 saturated carbocycles. The highest BCUT2D eigenvalue weighted by Gasteiger charge is 2.28. The maximum atomic E-state index is 12.8. The molecule has 0 radical (unpaired) electrons. The minimum Gasteiger partial charge on any atom is -0.459 e. The van der Waals surface area contributed by atoms with Gasteiger partial charge in [0.15, 0.2) is 5.76 Å². The van der Waals surface area contributed by atoms with E-state index in [2.05, 4.69) is 11.6 Å². The Labute approximate surface area is 170 Å². The number of anilines is 2.